The molecule has 1 saturated heterocycles. The summed E-state index contributed by atoms with van der Waals surface area (Å²) < 4.78 is 1.77. The third-order valence-corrected chi connectivity index (χ3v) is 5.90. The van der Waals surface area contributed by atoms with E-state index in [1.54, 1.807) is 54.8 Å². The quantitative estimate of drug-likeness (QED) is 0.449. The van der Waals surface area contributed by atoms with Gasteiger partial charge in [-0.2, -0.15) is 0 Å². The van der Waals surface area contributed by atoms with Crippen molar-refractivity contribution in [2.75, 3.05) is 0 Å². The van der Waals surface area contributed by atoms with Gasteiger partial charge in [0.1, 0.15) is 5.57 Å². The van der Waals surface area contributed by atoms with E-state index in [1.165, 1.54) is 18.2 Å². The number of amides is 4. The first kappa shape index (κ1) is 23.0. The van der Waals surface area contributed by atoms with Gasteiger partial charge in [0.2, 0.25) is 0 Å². The van der Waals surface area contributed by atoms with Crippen LogP contribution in [0.4, 0.5) is 4.79 Å². The molecular weight excluding hydrogens is 458 g/mol. The molecule has 0 radical (unpaired) electrons. The van der Waals surface area contributed by atoms with Crippen LogP contribution in [0.3, 0.4) is 0 Å². The third-order valence-electron chi connectivity index (χ3n) is 5.57. The average Bonchev–Trinajstić information content (AvgIpc) is 3.08. The van der Waals surface area contributed by atoms with Gasteiger partial charge in [-0.1, -0.05) is 41.9 Å². The number of carboxylic acid groups (broad SMARTS) is 1. The van der Waals surface area contributed by atoms with Crippen LogP contribution in [-0.2, 0) is 16.1 Å². The summed E-state index contributed by atoms with van der Waals surface area (Å²) >= 11 is 5.95. The molecule has 1 N–H and O–H groups in total. The number of carbonyl (C=O) groups excluding carboxylic acids is 4. The Kier molecular flexibility index (Phi) is 6.08. The lowest BCUT2D eigenvalue weighted by Gasteiger charge is -2.26. The van der Waals surface area contributed by atoms with Gasteiger partial charge < -0.3 is 14.5 Å². The lowest BCUT2D eigenvalue weighted by atomic mass is 10.1. The number of barbiturate groups is 1. The molecule has 0 bridgehead atoms. The first-order valence-corrected chi connectivity index (χ1v) is 10.7. The van der Waals surface area contributed by atoms with Gasteiger partial charge in [-0.05, 0) is 55.3 Å². The number of hydrogen-bond donors (Lipinski definition) is 1. The van der Waals surface area contributed by atoms with Gasteiger partial charge in [0.15, 0.2) is 0 Å². The highest BCUT2D eigenvalue weighted by Crippen LogP contribution is 2.27. The van der Waals surface area contributed by atoms with E-state index in [2.05, 4.69) is 5.32 Å². The average molecular weight is 477 g/mol. The summed E-state index contributed by atoms with van der Waals surface area (Å²) in [6.07, 6.45) is 1.43. The molecule has 1 aromatic heterocycles. The number of aromatic nitrogens is 1. The fourth-order valence-electron chi connectivity index (χ4n) is 3.90. The minimum Gasteiger partial charge on any atom is -0.545 e. The molecule has 3 aromatic rings. The van der Waals surface area contributed by atoms with Crippen LogP contribution in [0.2, 0.25) is 5.02 Å². The van der Waals surface area contributed by atoms with Crippen molar-refractivity contribution in [1.82, 2.24) is 14.8 Å². The maximum absolute atomic E-state index is 13.1. The Balaban J connectivity index is 1.72. The lowest BCUT2D eigenvalue weighted by molar-refractivity contribution is -0.255. The maximum atomic E-state index is 13.1. The van der Waals surface area contributed by atoms with Crippen molar-refractivity contribution in [3.05, 3.63) is 93.3 Å². The molecule has 34 heavy (non-hydrogen) atoms. The molecule has 1 aliphatic rings. The van der Waals surface area contributed by atoms with E-state index in [4.69, 9.17) is 11.6 Å². The van der Waals surface area contributed by atoms with E-state index < -0.39 is 23.8 Å². The number of carboxylic acids is 1. The Morgan fingerprint density at radius 2 is 1.76 bits per heavy atom. The molecule has 0 saturated carbocycles. The van der Waals surface area contributed by atoms with Crippen LogP contribution in [0.15, 0.2) is 60.2 Å². The molecule has 4 amide bonds. The van der Waals surface area contributed by atoms with E-state index in [9.17, 15) is 24.3 Å². The molecule has 4 rings (SSSR count). The second-order valence-electron chi connectivity index (χ2n) is 7.81. The monoisotopic (exact) mass is 476 g/mol. The van der Waals surface area contributed by atoms with Gasteiger partial charge in [0, 0.05) is 27.7 Å². The topological polar surface area (TPSA) is 112 Å². The summed E-state index contributed by atoms with van der Waals surface area (Å²) in [6, 6.07) is 14.5. The molecule has 0 aliphatic carbocycles. The zero-order chi connectivity index (χ0) is 24.6. The summed E-state index contributed by atoms with van der Waals surface area (Å²) in [5.41, 5.74) is 2.90. The molecule has 0 unspecified atom stereocenters. The number of benzene rings is 2. The zero-order valence-corrected chi connectivity index (χ0v) is 19.1. The number of nitrogens with one attached hydrogen (secondary N) is 1. The number of urea groups is 1. The van der Waals surface area contributed by atoms with Crippen molar-refractivity contribution < 1.29 is 24.3 Å². The van der Waals surface area contributed by atoms with Crippen LogP contribution in [-0.4, -0.2) is 33.3 Å². The maximum Gasteiger partial charge on any atom is 0.331 e. The zero-order valence-electron chi connectivity index (χ0n) is 18.3. The van der Waals surface area contributed by atoms with Crippen molar-refractivity contribution in [2.45, 2.75) is 20.4 Å². The highest BCUT2D eigenvalue weighted by molar-refractivity contribution is 6.33. The molecule has 2 heterocycles. The van der Waals surface area contributed by atoms with Gasteiger partial charge >= 0.3 is 6.03 Å². The number of imide groups is 2. The Labute approximate surface area is 200 Å². The number of nitrogens with zero attached hydrogens (tertiary/aromatic N) is 2. The van der Waals surface area contributed by atoms with E-state index in [-0.39, 0.29) is 22.7 Å². The van der Waals surface area contributed by atoms with E-state index in [0.717, 1.165) is 16.2 Å². The number of rotatable bonds is 5. The van der Waals surface area contributed by atoms with E-state index >= 15 is 0 Å². The van der Waals surface area contributed by atoms with Gasteiger partial charge in [0.05, 0.1) is 12.5 Å². The van der Waals surface area contributed by atoms with Crippen molar-refractivity contribution >= 4 is 41.5 Å². The van der Waals surface area contributed by atoms with Crippen LogP contribution >= 0.6 is 11.6 Å². The number of hydrogen-bond acceptors (Lipinski definition) is 5. The summed E-state index contributed by atoms with van der Waals surface area (Å²) in [4.78, 5) is 50.2. The highest BCUT2D eigenvalue weighted by atomic mass is 35.5. The molecule has 0 atom stereocenters. The molecule has 0 spiro atoms. The number of aromatic carboxylic acids is 1. The first-order valence-electron chi connectivity index (χ1n) is 10.3. The van der Waals surface area contributed by atoms with Crippen molar-refractivity contribution in [1.29, 1.82) is 0 Å². The van der Waals surface area contributed by atoms with Crippen LogP contribution in [0.5, 0.6) is 0 Å². The Morgan fingerprint density at radius 1 is 1.06 bits per heavy atom. The van der Waals surface area contributed by atoms with Gasteiger partial charge in [-0.3, -0.25) is 19.8 Å². The fraction of sp³-hybridized carbons (Fsp3) is 0.120. The minimum atomic E-state index is -1.40. The number of carbonyl (C=O) groups is 4. The lowest BCUT2D eigenvalue weighted by Crippen LogP contribution is -2.53. The Bertz CT molecular complexity index is 1370. The van der Waals surface area contributed by atoms with E-state index in [1.807, 2.05) is 6.07 Å². The van der Waals surface area contributed by atoms with Crippen LogP contribution in [0.25, 0.3) is 11.8 Å². The minimum absolute atomic E-state index is 0.0198. The standard InChI is InChI=1S/C25H20ClN3O5/c1-14-10-17(15(2)29(14)18-8-9-21(26)19(12-18)24(32)33)11-20-22(30)27-25(34)28(23(20)31)13-16-6-4-3-5-7-16/h3-12H,13H2,1-2H3,(H,32,33)(H,27,30,34)/p-1/b20-11+. The van der Waals surface area contributed by atoms with E-state index in [0.29, 0.717) is 16.9 Å². The Morgan fingerprint density at radius 3 is 2.44 bits per heavy atom. The van der Waals surface area contributed by atoms with Crippen LogP contribution in [0, 0.1) is 13.8 Å². The van der Waals surface area contributed by atoms with Crippen molar-refractivity contribution in [3.63, 3.8) is 0 Å². The van der Waals surface area contributed by atoms with Gasteiger partial charge in [0.25, 0.3) is 11.8 Å². The largest absolute Gasteiger partial charge is 0.545 e. The number of aryl methyl sites for hydroxylation is 1. The molecule has 8 nitrogen and oxygen atoms in total. The van der Waals surface area contributed by atoms with Crippen molar-refractivity contribution in [2.24, 2.45) is 0 Å². The predicted molar refractivity (Wildman–Crippen MR) is 123 cm³/mol. The molecular formula is C25H19ClN3O5-. The second kappa shape index (κ2) is 8.99. The normalized spacial score (nSPS) is 15.1. The summed E-state index contributed by atoms with van der Waals surface area (Å²) in [7, 11) is 0. The summed E-state index contributed by atoms with van der Waals surface area (Å²) in [5, 5.41) is 13.6. The van der Waals surface area contributed by atoms with Crippen LogP contribution < -0.4 is 10.4 Å². The third kappa shape index (κ3) is 4.23. The van der Waals surface area contributed by atoms with Crippen molar-refractivity contribution in [3.8, 4) is 5.69 Å². The fourth-order valence-corrected chi connectivity index (χ4v) is 4.09. The molecule has 1 aliphatic heterocycles. The number of halogens is 1. The van der Waals surface area contributed by atoms with Crippen LogP contribution in [0.1, 0.15) is 32.9 Å². The van der Waals surface area contributed by atoms with Gasteiger partial charge in [-0.15, -0.1) is 0 Å². The molecule has 2 aromatic carbocycles. The summed E-state index contributed by atoms with van der Waals surface area (Å²) in [6.45, 7) is 3.59. The SMILES string of the molecule is Cc1cc(/C=C2\C(=O)NC(=O)N(Cc3ccccc3)C2=O)c(C)n1-c1ccc(Cl)c(C(=O)[O-])c1. The summed E-state index contributed by atoms with van der Waals surface area (Å²) in [5.74, 6) is -2.88. The first-order chi connectivity index (χ1) is 16.2. The highest BCUT2D eigenvalue weighted by Gasteiger charge is 2.36. The Hall–Kier alpha value is -4.17. The smallest absolute Gasteiger partial charge is 0.331 e. The molecule has 172 valence electrons. The molecule has 9 heteroatoms. The molecule has 1 fully saturated rings. The van der Waals surface area contributed by atoms with Gasteiger partial charge in [-0.25, -0.2) is 4.79 Å². The second-order valence-corrected chi connectivity index (χ2v) is 8.21. The predicted octanol–water partition coefficient (Wildman–Crippen LogP) is 2.77.